The summed E-state index contributed by atoms with van der Waals surface area (Å²) in [5, 5.41) is 7.95. The van der Waals surface area contributed by atoms with Crippen LogP contribution >= 0.6 is 0 Å². The molecule has 0 unspecified atom stereocenters. The Morgan fingerprint density at radius 2 is 1.78 bits per heavy atom. The first-order valence-corrected chi connectivity index (χ1v) is 12.6. The van der Waals surface area contributed by atoms with Gasteiger partial charge in [-0.15, -0.1) is 0 Å². The number of hydrogen-bond acceptors (Lipinski definition) is 4. The molecule has 3 aromatic rings. The zero-order valence-electron chi connectivity index (χ0n) is 21.7. The molecule has 0 bridgehead atoms. The number of carbonyl (C=O) groups is 3. The number of hydrogen-bond donors (Lipinski definition) is 2. The fourth-order valence-corrected chi connectivity index (χ4v) is 4.44. The Balaban J connectivity index is 1.63. The minimum absolute atomic E-state index is 0.182. The van der Waals surface area contributed by atoms with Crippen LogP contribution in [0.2, 0.25) is 0 Å². The molecule has 3 amide bonds. The first-order valence-electron chi connectivity index (χ1n) is 12.6. The molecule has 1 aliphatic heterocycles. The third-order valence-electron chi connectivity index (χ3n) is 6.30. The summed E-state index contributed by atoms with van der Waals surface area (Å²) >= 11 is 0. The molecule has 0 fully saturated rings. The van der Waals surface area contributed by atoms with Crippen molar-refractivity contribution in [3.05, 3.63) is 89.1 Å². The van der Waals surface area contributed by atoms with Gasteiger partial charge in [0.15, 0.2) is 0 Å². The second-order valence-electron chi connectivity index (χ2n) is 9.67. The van der Waals surface area contributed by atoms with Crippen molar-refractivity contribution in [1.29, 1.82) is 0 Å². The highest BCUT2D eigenvalue weighted by Crippen LogP contribution is 2.33. The van der Waals surface area contributed by atoms with E-state index in [1.54, 1.807) is 36.1 Å². The lowest BCUT2D eigenvalue weighted by Gasteiger charge is -2.35. The topological polar surface area (TPSA) is 87.7 Å². The normalized spacial score (nSPS) is 15.6. The molecule has 7 heteroatoms. The maximum Gasteiger partial charge on any atom is 0.338 e. The van der Waals surface area contributed by atoms with E-state index >= 15 is 0 Å². The molecule has 1 atom stereocenters. The van der Waals surface area contributed by atoms with Crippen LogP contribution in [0.3, 0.4) is 0 Å². The average molecular weight is 500 g/mol. The highest BCUT2D eigenvalue weighted by atomic mass is 16.5. The molecule has 0 aliphatic carbocycles. The van der Waals surface area contributed by atoms with Crippen LogP contribution in [0.5, 0.6) is 0 Å². The van der Waals surface area contributed by atoms with Gasteiger partial charge in [0.2, 0.25) is 0 Å². The van der Waals surface area contributed by atoms with Gasteiger partial charge < -0.3 is 15.4 Å². The van der Waals surface area contributed by atoms with Crippen LogP contribution in [-0.2, 0) is 9.53 Å². The standard InChI is InChI=1S/C30H33N3O4/c1-5-15-33-20(4)26(29(35)37-18-19(2)3)27(32-30(33)36)23-11-8-12-25(17-23)31-28(34)24-14-13-21-9-6-7-10-22(21)16-24/h6-14,16-17,19,27H,5,15,18H2,1-4H3,(H,31,34)(H,32,36)/t27-/m0/s1. The molecule has 7 nitrogen and oxygen atoms in total. The summed E-state index contributed by atoms with van der Waals surface area (Å²) in [4.78, 5) is 40.7. The van der Waals surface area contributed by atoms with Gasteiger partial charge in [0.25, 0.3) is 5.91 Å². The fraction of sp³-hybridized carbons (Fsp3) is 0.300. The number of urea groups is 1. The number of rotatable bonds is 8. The number of fused-ring (bicyclic) bond motifs is 1. The summed E-state index contributed by atoms with van der Waals surface area (Å²) in [6.07, 6.45) is 0.750. The summed E-state index contributed by atoms with van der Waals surface area (Å²) in [5.41, 5.74) is 2.76. The monoisotopic (exact) mass is 499 g/mol. The first-order chi connectivity index (χ1) is 17.8. The van der Waals surface area contributed by atoms with E-state index in [0.29, 0.717) is 34.6 Å². The molecule has 4 rings (SSSR count). The summed E-state index contributed by atoms with van der Waals surface area (Å²) in [7, 11) is 0. The minimum Gasteiger partial charge on any atom is -0.462 e. The molecular weight excluding hydrogens is 466 g/mol. The molecule has 192 valence electrons. The third kappa shape index (κ3) is 5.82. The Bertz CT molecular complexity index is 1360. The zero-order valence-corrected chi connectivity index (χ0v) is 21.7. The summed E-state index contributed by atoms with van der Waals surface area (Å²) in [6.45, 7) is 8.47. The van der Waals surface area contributed by atoms with E-state index in [1.807, 2.05) is 63.2 Å². The number of amides is 3. The Morgan fingerprint density at radius 1 is 1.03 bits per heavy atom. The van der Waals surface area contributed by atoms with Crippen LogP contribution in [0.15, 0.2) is 78.0 Å². The summed E-state index contributed by atoms with van der Waals surface area (Å²) < 4.78 is 5.57. The lowest BCUT2D eigenvalue weighted by Crippen LogP contribution is -2.48. The minimum atomic E-state index is -0.696. The van der Waals surface area contributed by atoms with E-state index in [-0.39, 0.29) is 24.5 Å². The van der Waals surface area contributed by atoms with E-state index < -0.39 is 12.0 Å². The molecule has 0 saturated carbocycles. The number of nitrogens with one attached hydrogen (secondary N) is 2. The van der Waals surface area contributed by atoms with Crippen molar-refractivity contribution in [2.75, 3.05) is 18.5 Å². The molecule has 1 heterocycles. The van der Waals surface area contributed by atoms with E-state index in [0.717, 1.165) is 17.2 Å². The van der Waals surface area contributed by atoms with Crippen molar-refractivity contribution >= 4 is 34.4 Å². The van der Waals surface area contributed by atoms with Gasteiger partial charge in [0.05, 0.1) is 18.2 Å². The molecule has 37 heavy (non-hydrogen) atoms. The van der Waals surface area contributed by atoms with Crippen molar-refractivity contribution < 1.29 is 19.1 Å². The van der Waals surface area contributed by atoms with Crippen LogP contribution in [-0.4, -0.2) is 36.0 Å². The van der Waals surface area contributed by atoms with Gasteiger partial charge in [-0.05, 0) is 59.9 Å². The predicted octanol–water partition coefficient (Wildman–Crippen LogP) is 6.04. The van der Waals surface area contributed by atoms with Crippen LogP contribution in [0.4, 0.5) is 10.5 Å². The third-order valence-corrected chi connectivity index (χ3v) is 6.30. The molecule has 3 aromatic carbocycles. The first kappa shape index (κ1) is 25.9. The number of anilines is 1. The van der Waals surface area contributed by atoms with E-state index in [9.17, 15) is 14.4 Å². The number of esters is 1. The maximum absolute atomic E-state index is 13.2. The lowest BCUT2D eigenvalue weighted by molar-refractivity contribution is -0.140. The van der Waals surface area contributed by atoms with Gasteiger partial charge >= 0.3 is 12.0 Å². The van der Waals surface area contributed by atoms with Gasteiger partial charge in [-0.2, -0.15) is 0 Å². The van der Waals surface area contributed by atoms with Gasteiger partial charge in [0.1, 0.15) is 0 Å². The Morgan fingerprint density at radius 3 is 2.51 bits per heavy atom. The number of benzene rings is 3. The lowest BCUT2D eigenvalue weighted by atomic mass is 9.94. The molecule has 0 saturated heterocycles. The van der Waals surface area contributed by atoms with Crippen molar-refractivity contribution in [3.8, 4) is 0 Å². The van der Waals surface area contributed by atoms with Crippen molar-refractivity contribution in [2.24, 2.45) is 5.92 Å². The quantitative estimate of drug-likeness (QED) is 0.370. The van der Waals surface area contributed by atoms with E-state index in [4.69, 9.17) is 4.74 Å². The number of allylic oxidation sites excluding steroid dienone is 1. The van der Waals surface area contributed by atoms with E-state index in [2.05, 4.69) is 10.6 Å². The molecule has 0 aromatic heterocycles. The molecule has 0 radical (unpaired) electrons. The van der Waals surface area contributed by atoms with E-state index in [1.165, 1.54) is 0 Å². The second-order valence-corrected chi connectivity index (χ2v) is 9.67. The average Bonchev–Trinajstić information content (AvgIpc) is 2.89. The van der Waals surface area contributed by atoms with Gasteiger partial charge in [-0.1, -0.05) is 63.2 Å². The number of ether oxygens (including phenoxy) is 1. The summed E-state index contributed by atoms with van der Waals surface area (Å²) in [5.74, 6) is -0.516. The summed E-state index contributed by atoms with van der Waals surface area (Å²) in [6, 6.07) is 19.6. The largest absolute Gasteiger partial charge is 0.462 e. The van der Waals surface area contributed by atoms with Gasteiger partial charge in [0, 0.05) is 23.5 Å². The van der Waals surface area contributed by atoms with Crippen LogP contribution in [0, 0.1) is 5.92 Å². The number of carbonyl (C=O) groups excluding carboxylic acids is 3. The molecule has 2 N–H and O–H groups in total. The molecular formula is C30H33N3O4. The Hall–Kier alpha value is -4.13. The van der Waals surface area contributed by atoms with Crippen LogP contribution in [0.25, 0.3) is 10.8 Å². The number of nitrogens with zero attached hydrogens (tertiary/aromatic N) is 1. The highest BCUT2D eigenvalue weighted by Gasteiger charge is 2.36. The zero-order chi connectivity index (χ0) is 26.5. The Kier molecular flexibility index (Phi) is 7.92. The van der Waals surface area contributed by atoms with Crippen LogP contribution < -0.4 is 10.6 Å². The molecule has 0 spiro atoms. The predicted molar refractivity (Wildman–Crippen MR) is 145 cm³/mol. The maximum atomic E-state index is 13.2. The smallest absolute Gasteiger partial charge is 0.338 e. The van der Waals surface area contributed by atoms with Crippen molar-refractivity contribution in [1.82, 2.24) is 10.2 Å². The van der Waals surface area contributed by atoms with Crippen molar-refractivity contribution in [3.63, 3.8) is 0 Å². The second kappa shape index (κ2) is 11.3. The highest BCUT2D eigenvalue weighted by molar-refractivity contribution is 6.06. The SMILES string of the molecule is CCCN1C(=O)N[C@@H](c2cccc(NC(=O)c3ccc4ccccc4c3)c2)C(C(=O)OCC(C)C)=C1C. The molecule has 1 aliphatic rings. The van der Waals surface area contributed by atoms with Crippen LogP contribution in [0.1, 0.15) is 56.1 Å². The Labute approximate surface area is 217 Å². The van der Waals surface area contributed by atoms with Gasteiger partial charge in [-0.25, -0.2) is 9.59 Å². The fourth-order valence-electron chi connectivity index (χ4n) is 4.44. The van der Waals surface area contributed by atoms with Gasteiger partial charge in [-0.3, -0.25) is 9.69 Å². The van der Waals surface area contributed by atoms with Crippen molar-refractivity contribution in [2.45, 2.75) is 40.2 Å².